The second-order valence-electron chi connectivity index (χ2n) is 6.26. The number of nitrogens with zero attached hydrogens (tertiary/aromatic N) is 1. The molecule has 0 spiro atoms. The van der Waals surface area contributed by atoms with Crippen LogP contribution in [-0.2, 0) is 45.0 Å². The van der Waals surface area contributed by atoms with Crippen molar-refractivity contribution in [3.05, 3.63) is 71.8 Å². The standard InChI is InChI=1S/C19H25NO7P2/c1-23-28(21,20-12-14-24-15-13-20)27-29(22,25-16-18-8-4-2-5-9-18)26-17-19-10-6-3-7-11-19/h2-11H,12-17H2,1H3. The highest BCUT2D eigenvalue weighted by atomic mass is 31.3. The summed E-state index contributed by atoms with van der Waals surface area (Å²) in [6.07, 6.45) is 0. The number of phosphoric ester groups is 1. The van der Waals surface area contributed by atoms with Crippen molar-refractivity contribution in [1.82, 2.24) is 4.67 Å². The maximum absolute atomic E-state index is 13.4. The first-order chi connectivity index (χ1) is 14.0. The van der Waals surface area contributed by atoms with Crippen LogP contribution in [-0.4, -0.2) is 38.1 Å². The van der Waals surface area contributed by atoms with E-state index in [2.05, 4.69) is 0 Å². The zero-order chi connectivity index (χ0) is 20.6. The second-order valence-corrected chi connectivity index (χ2v) is 10.2. The lowest BCUT2D eigenvalue weighted by Crippen LogP contribution is -2.34. The highest BCUT2D eigenvalue weighted by Gasteiger charge is 2.43. The molecule has 0 amide bonds. The molecule has 0 bridgehead atoms. The number of benzene rings is 2. The lowest BCUT2D eigenvalue weighted by atomic mass is 10.2. The van der Waals surface area contributed by atoms with Crippen molar-refractivity contribution in [3.63, 3.8) is 0 Å². The molecule has 0 aromatic heterocycles. The van der Waals surface area contributed by atoms with Crippen molar-refractivity contribution in [1.29, 1.82) is 0 Å². The lowest BCUT2D eigenvalue weighted by Gasteiger charge is -2.33. The Bertz CT molecular complexity index is 797. The molecular weight excluding hydrogens is 416 g/mol. The van der Waals surface area contributed by atoms with Crippen LogP contribution in [0.25, 0.3) is 0 Å². The highest BCUT2D eigenvalue weighted by Crippen LogP contribution is 2.67. The summed E-state index contributed by atoms with van der Waals surface area (Å²) in [5, 5.41) is 0. The molecule has 0 N–H and O–H groups in total. The number of phosphoric acid groups is 1. The summed E-state index contributed by atoms with van der Waals surface area (Å²) in [6, 6.07) is 18.3. The largest absolute Gasteiger partial charge is 0.483 e. The number of morpholine rings is 1. The molecule has 3 rings (SSSR count). The normalized spacial score (nSPS) is 17.7. The first-order valence-electron chi connectivity index (χ1n) is 9.20. The van der Waals surface area contributed by atoms with E-state index >= 15 is 0 Å². The van der Waals surface area contributed by atoms with E-state index in [1.54, 1.807) is 0 Å². The van der Waals surface area contributed by atoms with Crippen LogP contribution in [0.4, 0.5) is 0 Å². The Hall–Kier alpha value is -1.34. The molecule has 1 aliphatic heterocycles. The van der Waals surface area contributed by atoms with Gasteiger partial charge in [-0.05, 0) is 11.1 Å². The summed E-state index contributed by atoms with van der Waals surface area (Å²) in [7, 11) is -6.88. The zero-order valence-corrected chi connectivity index (χ0v) is 18.0. The van der Waals surface area contributed by atoms with E-state index in [1.165, 1.54) is 11.8 Å². The molecule has 29 heavy (non-hydrogen) atoms. The van der Waals surface area contributed by atoms with Crippen LogP contribution in [0.3, 0.4) is 0 Å². The van der Waals surface area contributed by atoms with E-state index in [-0.39, 0.29) is 13.2 Å². The summed E-state index contributed by atoms with van der Waals surface area (Å²) in [6.45, 7) is 1.33. The van der Waals surface area contributed by atoms with E-state index in [0.717, 1.165) is 11.1 Å². The molecule has 0 radical (unpaired) electrons. The highest BCUT2D eigenvalue weighted by molar-refractivity contribution is 7.63. The molecule has 8 nitrogen and oxygen atoms in total. The van der Waals surface area contributed by atoms with Crippen LogP contribution in [0.1, 0.15) is 11.1 Å². The summed E-state index contributed by atoms with van der Waals surface area (Å²) in [4.78, 5) is 0. The second kappa shape index (κ2) is 10.6. The van der Waals surface area contributed by atoms with Crippen molar-refractivity contribution in [2.24, 2.45) is 0 Å². The van der Waals surface area contributed by atoms with Gasteiger partial charge in [0.2, 0.25) is 0 Å². The quantitative estimate of drug-likeness (QED) is 0.494. The summed E-state index contributed by atoms with van der Waals surface area (Å²) >= 11 is 0. The molecule has 1 heterocycles. The Morgan fingerprint density at radius 3 is 1.79 bits per heavy atom. The van der Waals surface area contributed by atoms with E-state index in [4.69, 9.17) is 22.6 Å². The van der Waals surface area contributed by atoms with E-state index in [1.807, 2.05) is 60.7 Å². The van der Waals surface area contributed by atoms with Crippen LogP contribution in [0, 0.1) is 0 Å². The minimum absolute atomic E-state index is 0.0280. The number of rotatable bonds is 10. The first kappa shape index (κ1) is 22.3. The average Bonchev–Trinajstić information content (AvgIpc) is 2.78. The Balaban J connectivity index is 1.76. The molecule has 1 saturated heterocycles. The van der Waals surface area contributed by atoms with Gasteiger partial charge in [0.15, 0.2) is 0 Å². The fraction of sp³-hybridized carbons (Fsp3) is 0.368. The smallest absolute Gasteiger partial charge is 0.379 e. The molecule has 1 atom stereocenters. The molecule has 10 heteroatoms. The van der Waals surface area contributed by atoms with Gasteiger partial charge in [-0.15, -0.1) is 0 Å². The lowest BCUT2D eigenvalue weighted by molar-refractivity contribution is 0.0550. The monoisotopic (exact) mass is 441 g/mol. The molecule has 1 aliphatic rings. The van der Waals surface area contributed by atoms with Gasteiger partial charge in [-0.2, -0.15) is 4.31 Å². The minimum Gasteiger partial charge on any atom is -0.379 e. The van der Waals surface area contributed by atoms with E-state index in [0.29, 0.717) is 26.3 Å². The molecule has 0 saturated carbocycles. The summed E-state index contributed by atoms with van der Waals surface area (Å²) < 4.78 is 55.1. The van der Waals surface area contributed by atoms with Crippen molar-refractivity contribution in [3.8, 4) is 0 Å². The Morgan fingerprint density at radius 2 is 1.34 bits per heavy atom. The van der Waals surface area contributed by atoms with Crippen LogP contribution < -0.4 is 0 Å². The van der Waals surface area contributed by atoms with Gasteiger partial charge in [0.05, 0.1) is 26.4 Å². The van der Waals surface area contributed by atoms with Crippen molar-refractivity contribution < 1.29 is 31.7 Å². The molecule has 158 valence electrons. The van der Waals surface area contributed by atoms with Crippen molar-refractivity contribution >= 4 is 15.6 Å². The van der Waals surface area contributed by atoms with Crippen LogP contribution in [0.2, 0.25) is 0 Å². The van der Waals surface area contributed by atoms with E-state index in [9.17, 15) is 9.13 Å². The van der Waals surface area contributed by atoms with Gasteiger partial charge in [-0.25, -0.2) is 13.8 Å². The number of hydrogen-bond donors (Lipinski definition) is 0. The van der Waals surface area contributed by atoms with Gasteiger partial charge in [0.1, 0.15) is 0 Å². The van der Waals surface area contributed by atoms with Crippen LogP contribution in [0.5, 0.6) is 0 Å². The zero-order valence-electron chi connectivity index (χ0n) is 16.2. The Morgan fingerprint density at radius 1 is 0.862 bits per heavy atom. The number of ether oxygens (including phenoxy) is 1. The predicted molar refractivity (Wildman–Crippen MR) is 108 cm³/mol. The average molecular weight is 441 g/mol. The molecule has 1 unspecified atom stereocenters. The topological polar surface area (TPSA) is 83.5 Å². The Kier molecular flexibility index (Phi) is 8.18. The summed E-state index contributed by atoms with van der Waals surface area (Å²) in [5.41, 5.74) is 1.55. The van der Waals surface area contributed by atoms with Gasteiger partial charge in [-0.1, -0.05) is 60.7 Å². The molecule has 0 aliphatic carbocycles. The van der Waals surface area contributed by atoms with Gasteiger partial charge in [-0.3, -0.25) is 13.6 Å². The molecular formula is C19H25NO7P2. The van der Waals surface area contributed by atoms with Gasteiger partial charge < -0.3 is 4.74 Å². The first-order valence-corrected chi connectivity index (χ1v) is 12.2. The summed E-state index contributed by atoms with van der Waals surface area (Å²) in [5.74, 6) is 0. The molecule has 2 aromatic rings. The van der Waals surface area contributed by atoms with Gasteiger partial charge in [0.25, 0.3) is 0 Å². The maximum atomic E-state index is 13.4. The molecule has 1 fully saturated rings. The van der Waals surface area contributed by atoms with Crippen LogP contribution >= 0.6 is 15.6 Å². The predicted octanol–water partition coefficient (Wildman–Crippen LogP) is 4.63. The minimum atomic E-state index is -4.23. The molecule has 2 aromatic carbocycles. The maximum Gasteiger partial charge on any atom is 0.483 e. The van der Waals surface area contributed by atoms with Crippen LogP contribution in [0.15, 0.2) is 60.7 Å². The Labute approximate surface area is 170 Å². The van der Waals surface area contributed by atoms with Crippen molar-refractivity contribution in [2.45, 2.75) is 13.2 Å². The van der Waals surface area contributed by atoms with Crippen molar-refractivity contribution in [2.75, 3.05) is 33.4 Å². The third-order valence-corrected chi connectivity index (χ3v) is 8.30. The SMILES string of the molecule is COP(=O)(OP(=O)(OCc1ccccc1)OCc1ccccc1)N1CCOCC1. The van der Waals surface area contributed by atoms with Gasteiger partial charge >= 0.3 is 15.6 Å². The fourth-order valence-corrected chi connectivity index (χ4v) is 6.31. The van der Waals surface area contributed by atoms with E-state index < -0.39 is 15.6 Å². The third-order valence-electron chi connectivity index (χ3n) is 4.23. The van der Waals surface area contributed by atoms with Gasteiger partial charge in [0, 0.05) is 20.2 Å². The fourth-order valence-electron chi connectivity index (χ4n) is 2.67. The third kappa shape index (κ3) is 6.57. The number of hydrogen-bond acceptors (Lipinski definition) is 7.